The fourth-order valence-corrected chi connectivity index (χ4v) is 2.61. The Morgan fingerprint density at radius 3 is 2.73 bits per heavy atom. The van der Waals surface area contributed by atoms with Gasteiger partial charge in [0.05, 0.1) is 18.7 Å². The molecule has 0 bridgehead atoms. The van der Waals surface area contributed by atoms with Crippen LogP contribution in [-0.4, -0.2) is 13.0 Å². The van der Waals surface area contributed by atoms with Crippen molar-refractivity contribution in [3.05, 3.63) is 59.7 Å². The lowest BCUT2D eigenvalue weighted by molar-refractivity contribution is -0.117. The monoisotopic (exact) mass is 292 g/mol. The highest BCUT2D eigenvalue weighted by atomic mass is 16.5. The molecule has 2 aromatic carbocycles. The minimum atomic E-state index is -0.000799. The lowest BCUT2D eigenvalue weighted by Gasteiger charge is -2.06. The number of ether oxygens (including phenoxy) is 1. The number of nitrogens with zero attached hydrogens (tertiary/aromatic N) is 1. The van der Waals surface area contributed by atoms with Crippen LogP contribution >= 0.6 is 0 Å². The number of benzene rings is 2. The van der Waals surface area contributed by atoms with E-state index in [0.717, 1.165) is 17.7 Å². The Kier molecular flexibility index (Phi) is 3.80. The van der Waals surface area contributed by atoms with Crippen LogP contribution < -0.4 is 10.1 Å². The van der Waals surface area contributed by atoms with Gasteiger partial charge >= 0.3 is 0 Å². The predicted molar refractivity (Wildman–Crippen MR) is 83.6 cm³/mol. The fraction of sp³-hybridized carbons (Fsp3) is 0.222. The van der Waals surface area contributed by atoms with E-state index in [1.165, 1.54) is 0 Å². The van der Waals surface area contributed by atoms with E-state index in [1.54, 1.807) is 31.4 Å². The molecule has 1 saturated carbocycles. The number of carbonyl (C=O) groups excluding carboxylic acids is 1. The van der Waals surface area contributed by atoms with Crippen LogP contribution in [0.1, 0.15) is 23.5 Å². The highest BCUT2D eigenvalue weighted by Crippen LogP contribution is 2.48. The molecule has 2 unspecified atom stereocenters. The Hall–Kier alpha value is -2.80. The summed E-state index contributed by atoms with van der Waals surface area (Å²) in [4.78, 5) is 12.3. The van der Waals surface area contributed by atoms with Gasteiger partial charge in [-0.1, -0.05) is 18.2 Å². The van der Waals surface area contributed by atoms with Gasteiger partial charge in [-0.25, -0.2) is 0 Å². The van der Waals surface area contributed by atoms with Crippen molar-refractivity contribution in [2.45, 2.75) is 12.3 Å². The number of amides is 1. The number of rotatable bonds is 4. The first-order valence-electron chi connectivity index (χ1n) is 7.16. The molecule has 0 spiro atoms. The van der Waals surface area contributed by atoms with Crippen molar-refractivity contribution < 1.29 is 9.53 Å². The maximum absolute atomic E-state index is 12.3. The van der Waals surface area contributed by atoms with Crippen LogP contribution in [-0.2, 0) is 4.79 Å². The number of methoxy groups -OCH3 is 1. The summed E-state index contributed by atoms with van der Waals surface area (Å²) in [5, 5.41) is 11.8. The van der Waals surface area contributed by atoms with E-state index < -0.39 is 0 Å². The molecule has 4 heteroatoms. The quantitative estimate of drug-likeness (QED) is 0.940. The molecule has 1 aliphatic rings. The molecule has 1 aliphatic carbocycles. The number of anilines is 1. The molecule has 2 aromatic rings. The second-order valence-corrected chi connectivity index (χ2v) is 5.40. The van der Waals surface area contributed by atoms with Crippen molar-refractivity contribution in [1.29, 1.82) is 5.26 Å². The maximum atomic E-state index is 12.3. The lowest BCUT2D eigenvalue weighted by Crippen LogP contribution is -2.14. The number of nitrogens with one attached hydrogen (secondary N) is 1. The van der Waals surface area contributed by atoms with Crippen molar-refractivity contribution in [2.75, 3.05) is 12.4 Å². The van der Waals surface area contributed by atoms with E-state index >= 15 is 0 Å². The fourth-order valence-electron chi connectivity index (χ4n) is 2.61. The molecule has 2 atom stereocenters. The molecule has 110 valence electrons. The molecule has 22 heavy (non-hydrogen) atoms. The summed E-state index contributed by atoms with van der Waals surface area (Å²) in [6, 6.07) is 16.9. The zero-order valence-corrected chi connectivity index (χ0v) is 12.2. The van der Waals surface area contributed by atoms with Crippen LogP contribution in [0.3, 0.4) is 0 Å². The van der Waals surface area contributed by atoms with Crippen molar-refractivity contribution in [1.82, 2.24) is 0 Å². The Morgan fingerprint density at radius 1 is 1.27 bits per heavy atom. The molecule has 1 fully saturated rings. The summed E-state index contributed by atoms with van der Waals surface area (Å²) < 4.78 is 5.14. The van der Waals surface area contributed by atoms with Gasteiger partial charge in [0, 0.05) is 11.6 Å². The molecule has 0 radical (unpaired) electrons. The Balaban J connectivity index is 1.63. The SMILES string of the molecule is COc1ccc(C2CC2C(=O)Nc2cccc(C#N)c2)cc1. The molecule has 3 rings (SSSR count). The Labute approximate surface area is 129 Å². The summed E-state index contributed by atoms with van der Waals surface area (Å²) in [6.07, 6.45) is 0.857. The van der Waals surface area contributed by atoms with Crippen LogP contribution in [0.25, 0.3) is 0 Å². The standard InChI is InChI=1S/C18H16N2O2/c1-22-15-7-5-13(6-8-15)16-10-17(16)18(21)20-14-4-2-3-12(9-14)11-19/h2-9,16-17H,10H2,1H3,(H,20,21). The summed E-state index contributed by atoms with van der Waals surface area (Å²) in [7, 11) is 1.64. The molecule has 0 aliphatic heterocycles. The number of hydrogen-bond donors (Lipinski definition) is 1. The highest BCUT2D eigenvalue weighted by molar-refractivity contribution is 5.95. The molecule has 0 saturated heterocycles. The summed E-state index contributed by atoms with van der Waals surface area (Å²) >= 11 is 0. The predicted octanol–water partition coefficient (Wildman–Crippen LogP) is 3.31. The molecular formula is C18H16N2O2. The van der Waals surface area contributed by atoms with Gasteiger partial charge in [-0.15, -0.1) is 0 Å². The number of nitriles is 1. The third-order valence-corrected chi connectivity index (χ3v) is 3.93. The van der Waals surface area contributed by atoms with Gasteiger partial charge in [0.1, 0.15) is 5.75 Å². The van der Waals surface area contributed by atoms with Crippen LogP contribution in [0, 0.1) is 17.2 Å². The van der Waals surface area contributed by atoms with Gasteiger partial charge in [0.25, 0.3) is 0 Å². The number of carbonyl (C=O) groups is 1. The lowest BCUT2D eigenvalue weighted by atomic mass is 10.1. The summed E-state index contributed by atoms with van der Waals surface area (Å²) in [5.74, 6) is 1.10. The smallest absolute Gasteiger partial charge is 0.228 e. The first-order chi connectivity index (χ1) is 10.7. The third kappa shape index (κ3) is 2.94. The van der Waals surface area contributed by atoms with Crippen molar-refractivity contribution in [3.63, 3.8) is 0 Å². The van der Waals surface area contributed by atoms with E-state index in [0.29, 0.717) is 11.3 Å². The second-order valence-electron chi connectivity index (χ2n) is 5.40. The van der Waals surface area contributed by atoms with Gasteiger partial charge < -0.3 is 10.1 Å². The Morgan fingerprint density at radius 2 is 2.05 bits per heavy atom. The zero-order valence-electron chi connectivity index (χ0n) is 12.2. The van der Waals surface area contributed by atoms with E-state index in [9.17, 15) is 4.79 Å². The van der Waals surface area contributed by atoms with Crippen LogP contribution in [0.4, 0.5) is 5.69 Å². The van der Waals surface area contributed by atoms with Crippen molar-refractivity contribution in [2.24, 2.45) is 5.92 Å². The average Bonchev–Trinajstić information content (AvgIpc) is 3.36. The van der Waals surface area contributed by atoms with Gasteiger partial charge in [-0.3, -0.25) is 4.79 Å². The first-order valence-corrected chi connectivity index (χ1v) is 7.16. The third-order valence-electron chi connectivity index (χ3n) is 3.93. The topological polar surface area (TPSA) is 62.1 Å². The van der Waals surface area contributed by atoms with Crippen LogP contribution in [0.15, 0.2) is 48.5 Å². The minimum absolute atomic E-state index is 0.000799. The molecule has 1 N–H and O–H groups in total. The van der Waals surface area contributed by atoms with E-state index in [1.807, 2.05) is 24.3 Å². The zero-order chi connectivity index (χ0) is 15.5. The molecule has 0 aromatic heterocycles. The van der Waals surface area contributed by atoms with Crippen molar-refractivity contribution >= 4 is 11.6 Å². The first kappa shape index (κ1) is 14.2. The van der Waals surface area contributed by atoms with Gasteiger partial charge in [-0.2, -0.15) is 5.26 Å². The molecule has 1 amide bonds. The summed E-state index contributed by atoms with van der Waals surface area (Å²) in [5.41, 5.74) is 2.37. The number of hydrogen-bond acceptors (Lipinski definition) is 3. The van der Waals surface area contributed by atoms with Crippen LogP contribution in [0.2, 0.25) is 0 Å². The molecule has 0 heterocycles. The van der Waals surface area contributed by atoms with E-state index in [2.05, 4.69) is 11.4 Å². The minimum Gasteiger partial charge on any atom is -0.497 e. The largest absolute Gasteiger partial charge is 0.497 e. The van der Waals surface area contributed by atoms with Gasteiger partial charge in [0.2, 0.25) is 5.91 Å². The maximum Gasteiger partial charge on any atom is 0.228 e. The normalized spacial score (nSPS) is 19.1. The van der Waals surface area contributed by atoms with E-state index in [-0.39, 0.29) is 17.7 Å². The molecule has 4 nitrogen and oxygen atoms in total. The Bertz CT molecular complexity index is 731. The van der Waals surface area contributed by atoms with Gasteiger partial charge in [-0.05, 0) is 48.2 Å². The average molecular weight is 292 g/mol. The summed E-state index contributed by atoms with van der Waals surface area (Å²) in [6.45, 7) is 0. The molecular weight excluding hydrogens is 276 g/mol. The van der Waals surface area contributed by atoms with Crippen molar-refractivity contribution in [3.8, 4) is 11.8 Å². The van der Waals surface area contributed by atoms with Gasteiger partial charge in [0.15, 0.2) is 0 Å². The highest BCUT2D eigenvalue weighted by Gasteiger charge is 2.43. The van der Waals surface area contributed by atoms with Crippen LogP contribution in [0.5, 0.6) is 5.75 Å². The second kappa shape index (κ2) is 5.90. The van der Waals surface area contributed by atoms with E-state index in [4.69, 9.17) is 10.00 Å².